The van der Waals surface area contributed by atoms with Crippen LogP contribution in [0.25, 0.3) is 0 Å². The quantitative estimate of drug-likeness (QED) is 0.927. The number of aliphatic hydroxyl groups excluding tert-OH is 1. The van der Waals surface area contributed by atoms with Crippen molar-refractivity contribution < 1.29 is 9.90 Å². The molecule has 0 aliphatic carbocycles. The van der Waals surface area contributed by atoms with Crippen LogP contribution in [0.5, 0.6) is 0 Å². The van der Waals surface area contributed by atoms with Crippen molar-refractivity contribution in [3.8, 4) is 0 Å². The van der Waals surface area contributed by atoms with E-state index in [2.05, 4.69) is 15.9 Å². The molecule has 1 unspecified atom stereocenters. The Morgan fingerprint density at radius 1 is 1.69 bits per heavy atom. The highest BCUT2D eigenvalue weighted by Gasteiger charge is 2.35. The smallest absolute Gasteiger partial charge is 0.320 e. The number of nitrogens with zero attached hydrogens (tertiary/aromatic N) is 2. The largest absolute Gasteiger partial charge is 0.395 e. The predicted molar refractivity (Wildman–Crippen MR) is 66.6 cm³/mol. The monoisotopic (exact) mass is 304 g/mol. The molecule has 1 atom stereocenters. The number of hydrogen-bond acceptors (Lipinski definition) is 3. The molecule has 2 heterocycles. The molecule has 2 amide bonds. The van der Waals surface area contributed by atoms with Crippen LogP contribution in [-0.4, -0.2) is 47.7 Å². The van der Waals surface area contributed by atoms with Crippen LogP contribution in [-0.2, 0) is 0 Å². The molecule has 1 aromatic heterocycles. The number of rotatable bonds is 3. The van der Waals surface area contributed by atoms with Gasteiger partial charge >= 0.3 is 6.03 Å². The van der Waals surface area contributed by atoms with E-state index >= 15 is 0 Å². The molecule has 0 aromatic carbocycles. The third-order valence-electron chi connectivity index (χ3n) is 2.72. The number of likely N-dealkylation sites (N-methyl/N-ethyl adjacent to an activating group) is 1. The fraction of sp³-hybridized carbons (Fsp3) is 0.500. The zero-order chi connectivity index (χ0) is 11.7. The number of aliphatic hydroxyl groups is 1. The molecular weight excluding hydrogens is 292 g/mol. The van der Waals surface area contributed by atoms with Gasteiger partial charge in [-0.25, -0.2) is 4.79 Å². The number of β-amino-alcohol motifs (C(OH)–C–C–N with tert-alkyl or cyclic N) is 1. The minimum absolute atomic E-state index is 0.0106. The van der Waals surface area contributed by atoms with Crippen molar-refractivity contribution in [2.75, 3.05) is 26.7 Å². The Balaban J connectivity index is 2.15. The Hall–Kier alpha value is -0.590. The lowest BCUT2D eigenvalue weighted by atomic mass is 10.2. The second-order valence-electron chi connectivity index (χ2n) is 3.75. The van der Waals surface area contributed by atoms with Gasteiger partial charge in [-0.15, -0.1) is 11.3 Å². The molecule has 0 spiro atoms. The van der Waals surface area contributed by atoms with E-state index in [-0.39, 0.29) is 18.7 Å². The van der Waals surface area contributed by atoms with E-state index in [9.17, 15) is 4.79 Å². The molecular formula is C10H13BrN2O2S. The van der Waals surface area contributed by atoms with Gasteiger partial charge in [0, 0.05) is 34.9 Å². The van der Waals surface area contributed by atoms with Crippen LogP contribution >= 0.6 is 27.3 Å². The van der Waals surface area contributed by atoms with Gasteiger partial charge in [-0.1, -0.05) is 0 Å². The SMILES string of the molecule is CN1C(=O)N(CCO)CC1c1cc(Br)cs1. The number of carbonyl (C=O) groups excluding carboxylic acids is 1. The van der Waals surface area contributed by atoms with E-state index in [1.807, 2.05) is 11.4 Å². The Morgan fingerprint density at radius 2 is 2.44 bits per heavy atom. The summed E-state index contributed by atoms with van der Waals surface area (Å²) >= 11 is 5.06. The summed E-state index contributed by atoms with van der Waals surface area (Å²) in [6.45, 7) is 1.08. The van der Waals surface area contributed by atoms with Gasteiger partial charge in [0.05, 0.1) is 12.6 Å². The topological polar surface area (TPSA) is 43.8 Å². The third-order valence-corrected chi connectivity index (χ3v) is 4.51. The van der Waals surface area contributed by atoms with Crippen LogP contribution in [0.4, 0.5) is 4.79 Å². The number of hydrogen-bond donors (Lipinski definition) is 1. The maximum absolute atomic E-state index is 11.8. The summed E-state index contributed by atoms with van der Waals surface area (Å²) in [5.41, 5.74) is 0. The van der Waals surface area contributed by atoms with Crippen LogP contribution in [0, 0.1) is 0 Å². The lowest BCUT2D eigenvalue weighted by Gasteiger charge is -2.15. The van der Waals surface area contributed by atoms with Crippen molar-refractivity contribution in [3.05, 3.63) is 20.8 Å². The van der Waals surface area contributed by atoms with Gasteiger partial charge in [0.25, 0.3) is 0 Å². The highest BCUT2D eigenvalue weighted by molar-refractivity contribution is 9.10. The molecule has 0 saturated carbocycles. The first kappa shape index (κ1) is 11.9. The highest BCUT2D eigenvalue weighted by Crippen LogP contribution is 2.33. The van der Waals surface area contributed by atoms with Gasteiger partial charge in [-0.05, 0) is 22.0 Å². The minimum atomic E-state index is -0.0106. The highest BCUT2D eigenvalue weighted by atomic mass is 79.9. The molecule has 1 N–H and O–H groups in total. The molecule has 1 aromatic rings. The van der Waals surface area contributed by atoms with E-state index in [0.29, 0.717) is 13.1 Å². The Labute approximate surface area is 107 Å². The van der Waals surface area contributed by atoms with Crippen molar-refractivity contribution in [2.45, 2.75) is 6.04 Å². The minimum Gasteiger partial charge on any atom is -0.395 e. The average molecular weight is 305 g/mol. The van der Waals surface area contributed by atoms with Crippen LogP contribution in [0.1, 0.15) is 10.9 Å². The first-order valence-electron chi connectivity index (χ1n) is 5.00. The second kappa shape index (κ2) is 4.73. The molecule has 1 fully saturated rings. The van der Waals surface area contributed by atoms with E-state index in [1.54, 1.807) is 28.2 Å². The lowest BCUT2D eigenvalue weighted by molar-refractivity contribution is 0.182. The molecule has 2 rings (SSSR count). The summed E-state index contributed by atoms with van der Waals surface area (Å²) in [6.07, 6.45) is 0. The average Bonchev–Trinajstić information content (AvgIpc) is 2.78. The van der Waals surface area contributed by atoms with E-state index in [1.165, 1.54) is 4.88 Å². The maximum atomic E-state index is 11.8. The van der Waals surface area contributed by atoms with Crippen molar-refractivity contribution in [3.63, 3.8) is 0 Å². The molecule has 6 heteroatoms. The van der Waals surface area contributed by atoms with Crippen molar-refractivity contribution >= 4 is 33.3 Å². The van der Waals surface area contributed by atoms with Crippen LogP contribution < -0.4 is 0 Å². The third kappa shape index (κ3) is 2.09. The summed E-state index contributed by atoms with van der Waals surface area (Å²) in [5.74, 6) is 0. The van der Waals surface area contributed by atoms with Crippen molar-refractivity contribution in [1.29, 1.82) is 0 Å². The summed E-state index contributed by atoms with van der Waals surface area (Å²) in [4.78, 5) is 16.4. The number of amides is 2. The fourth-order valence-electron chi connectivity index (χ4n) is 1.86. The lowest BCUT2D eigenvalue weighted by Crippen LogP contribution is -2.31. The number of carbonyl (C=O) groups is 1. The number of thiophene rings is 1. The van der Waals surface area contributed by atoms with Crippen LogP contribution in [0.15, 0.2) is 15.9 Å². The van der Waals surface area contributed by atoms with Gasteiger partial charge in [0.2, 0.25) is 0 Å². The van der Waals surface area contributed by atoms with Crippen molar-refractivity contribution in [1.82, 2.24) is 9.80 Å². The summed E-state index contributed by atoms with van der Waals surface area (Å²) in [6, 6.07) is 2.14. The Bertz CT molecular complexity index is 396. The molecule has 16 heavy (non-hydrogen) atoms. The number of halogens is 1. The first-order valence-corrected chi connectivity index (χ1v) is 6.67. The van der Waals surface area contributed by atoms with Crippen LogP contribution in [0.3, 0.4) is 0 Å². The Kier molecular flexibility index (Phi) is 3.51. The van der Waals surface area contributed by atoms with Crippen molar-refractivity contribution in [2.24, 2.45) is 0 Å². The van der Waals surface area contributed by atoms with Gasteiger partial charge in [-0.2, -0.15) is 0 Å². The first-order chi connectivity index (χ1) is 7.63. The zero-order valence-electron chi connectivity index (χ0n) is 8.89. The summed E-state index contributed by atoms with van der Waals surface area (Å²) in [5, 5.41) is 10.9. The normalized spacial score (nSPS) is 20.9. The molecule has 1 aliphatic heterocycles. The van der Waals surface area contributed by atoms with Gasteiger partial charge in [0.15, 0.2) is 0 Å². The van der Waals surface area contributed by atoms with Gasteiger partial charge in [-0.3, -0.25) is 0 Å². The molecule has 0 radical (unpaired) electrons. The van der Waals surface area contributed by atoms with Crippen LogP contribution in [0.2, 0.25) is 0 Å². The second-order valence-corrected chi connectivity index (χ2v) is 5.60. The molecule has 1 aliphatic rings. The summed E-state index contributed by atoms with van der Waals surface area (Å²) in [7, 11) is 1.80. The predicted octanol–water partition coefficient (Wildman–Crippen LogP) is 1.91. The van der Waals surface area contributed by atoms with Gasteiger partial charge in [0.1, 0.15) is 0 Å². The van der Waals surface area contributed by atoms with E-state index < -0.39 is 0 Å². The molecule has 1 saturated heterocycles. The Morgan fingerprint density at radius 3 is 3.00 bits per heavy atom. The number of urea groups is 1. The summed E-state index contributed by atoms with van der Waals surface area (Å²) < 4.78 is 1.05. The zero-order valence-corrected chi connectivity index (χ0v) is 11.3. The molecule has 0 bridgehead atoms. The molecule has 88 valence electrons. The van der Waals surface area contributed by atoms with E-state index in [0.717, 1.165) is 4.47 Å². The fourth-order valence-corrected chi connectivity index (χ4v) is 3.44. The van der Waals surface area contributed by atoms with E-state index in [4.69, 9.17) is 5.11 Å². The standard InChI is InChI=1S/C10H13BrN2O2S/c1-12-8(9-4-7(11)6-16-9)5-13(2-3-14)10(12)15/h4,6,8,14H,2-3,5H2,1H3. The maximum Gasteiger partial charge on any atom is 0.320 e. The molecule has 4 nitrogen and oxygen atoms in total. The van der Waals surface area contributed by atoms with Gasteiger partial charge < -0.3 is 14.9 Å².